The van der Waals surface area contributed by atoms with E-state index in [1.165, 1.54) is 0 Å². The molecule has 0 spiro atoms. The highest BCUT2D eigenvalue weighted by Gasteiger charge is 2.30. The lowest BCUT2D eigenvalue weighted by Gasteiger charge is -2.32. The van der Waals surface area contributed by atoms with Gasteiger partial charge in [-0.2, -0.15) is 0 Å². The van der Waals surface area contributed by atoms with Crippen molar-refractivity contribution in [1.29, 1.82) is 0 Å². The molecule has 0 unspecified atom stereocenters. The first kappa shape index (κ1) is 18.5. The summed E-state index contributed by atoms with van der Waals surface area (Å²) in [5.74, 6) is 1.73. The van der Waals surface area contributed by atoms with Crippen LogP contribution in [0.4, 0.5) is 0 Å². The van der Waals surface area contributed by atoms with Crippen LogP contribution in [0.2, 0.25) is 0 Å². The molecule has 2 atom stereocenters. The van der Waals surface area contributed by atoms with Gasteiger partial charge in [-0.1, -0.05) is 0 Å². The standard InChI is InChI=1S/C19H30N2O4/c1-23-16-5-6-19(24-2)17(12-16)18-4-3-7-21(18)14-15(22)13-20-8-10-25-11-9-20/h5-6,12,15,18,22H,3-4,7-11,13-14H2,1-2H3/t15-,18+/m1/s1. The van der Waals surface area contributed by atoms with Gasteiger partial charge in [0.1, 0.15) is 11.5 Å². The maximum atomic E-state index is 10.6. The van der Waals surface area contributed by atoms with Crippen LogP contribution in [0.3, 0.4) is 0 Å². The number of hydrogen-bond acceptors (Lipinski definition) is 6. The van der Waals surface area contributed by atoms with Crippen LogP contribution < -0.4 is 9.47 Å². The van der Waals surface area contributed by atoms with E-state index < -0.39 is 0 Å². The van der Waals surface area contributed by atoms with E-state index in [0.717, 1.165) is 62.8 Å². The highest BCUT2D eigenvalue weighted by molar-refractivity contribution is 5.42. The molecule has 1 aromatic carbocycles. The fourth-order valence-electron chi connectivity index (χ4n) is 3.91. The largest absolute Gasteiger partial charge is 0.497 e. The minimum absolute atomic E-state index is 0.268. The van der Waals surface area contributed by atoms with Gasteiger partial charge < -0.3 is 19.3 Å². The zero-order chi connectivity index (χ0) is 17.6. The Morgan fingerprint density at radius 3 is 2.68 bits per heavy atom. The molecule has 1 N–H and O–H groups in total. The first-order valence-corrected chi connectivity index (χ1v) is 9.15. The summed E-state index contributed by atoms with van der Waals surface area (Å²) in [5.41, 5.74) is 1.15. The van der Waals surface area contributed by atoms with Crippen LogP contribution in [-0.2, 0) is 4.74 Å². The zero-order valence-corrected chi connectivity index (χ0v) is 15.3. The molecule has 2 heterocycles. The molecule has 6 nitrogen and oxygen atoms in total. The highest BCUT2D eigenvalue weighted by atomic mass is 16.5. The summed E-state index contributed by atoms with van der Waals surface area (Å²) in [6, 6.07) is 6.23. The molecule has 2 aliphatic rings. The molecule has 25 heavy (non-hydrogen) atoms. The summed E-state index contributed by atoms with van der Waals surface area (Å²) in [6.07, 6.45) is 1.86. The van der Waals surface area contributed by atoms with Crippen molar-refractivity contribution in [2.75, 3.05) is 60.2 Å². The van der Waals surface area contributed by atoms with Gasteiger partial charge in [0.15, 0.2) is 0 Å². The second kappa shape index (κ2) is 8.85. The Morgan fingerprint density at radius 2 is 1.96 bits per heavy atom. The molecule has 0 aliphatic carbocycles. The zero-order valence-electron chi connectivity index (χ0n) is 15.3. The number of hydrogen-bond donors (Lipinski definition) is 1. The number of ether oxygens (including phenoxy) is 3. The van der Waals surface area contributed by atoms with Gasteiger partial charge in [0.2, 0.25) is 0 Å². The summed E-state index contributed by atoms with van der Waals surface area (Å²) in [5, 5.41) is 10.6. The Balaban J connectivity index is 1.65. The van der Waals surface area contributed by atoms with E-state index in [9.17, 15) is 5.11 Å². The van der Waals surface area contributed by atoms with Gasteiger partial charge in [0.25, 0.3) is 0 Å². The van der Waals surface area contributed by atoms with Gasteiger partial charge in [-0.3, -0.25) is 9.80 Å². The van der Waals surface area contributed by atoms with Crippen molar-refractivity contribution in [2.45, 2.75) is 25.0 Å². The van der Waals surface area contributed by atoms with Crippen molar-refractivity contribution >= 4 is 0 Å². The molecule has 0 amide bonds. The Morgan fingerprint density at radius 1 is 1.16 bits per heavy atom. The molecule has 2 saturated heterocycles. The van der Waals surface area contributed by atoms with Crippen molar-refractivity contribution in [1.82, 2.24) is 9.80 Å². The quantitative estimate of drug-likeness (QED) is 0.805. The van der Waals surface area contributed by atoms with E-state index >= 15 is 0 Å². The van der Waals surface area contributed by atoms with Crippen LogP contribution in [0.5, 0.6) is 11.5 Å². The van der Waals surface area contributed by atoms with E-state index in [0.29, 0.717) is 13.1 Å². The molecule has 2 aliphatic heterocycles. The molecule has 0 saturated carbocycles. The molecule has 0 aromatic heterocycles. The van der Waals surface area contributed by atoms with E-state index in [2.05, 4.69) is 15.9 Å². The van der Waals surface area contributed by atoms with Crippen LogP contribution in [0.15, 0.2) is 18.2 Å². The SMILES string of the molecule is COc1ccc(OC)c([C@@H]2CCCN2C[C@H](O)CN2CCOCC2)c1. The van der Waals surface area contributed by atoms with Crippen molar-refractivity contribution < 1.29 is 19.3 Å². The van der Waals surface area contributed by atoms with Gasteiger partial charge in [-0.15, -0.1) is 0 Å². The lowest BCUT2D eigenvalue weighted by Crippen LogP contribution is -2.44. The Kier molecular flexibility index (Phi) is 6.53. The van der Waals surface area contributed by atoms with Crippen LogP contribution in [0, 0.1) is 0 Å². The molecule has 140 valence electrons. The lowest BCUT2D eigenvalue weighted by atomic mass is 10.0. The maximum absolute atomic E-state index is 10.6. The third-order valence-corrected chi connectivity index (χ3v) is 5.18. The molecular weight excluding hydrogens is 320 g/mol. The van der Waals surface area contributed by atoms with Gasteiger partial charge in [-0.25, -0.2) is 0 Å². The monoisotopic (exact) mass is 350 g/mol. The number of morpholine rings is 1. The van der Waals surface area contributed by atoms with Gasteiger partial charge >= 0.3 is 0 Å². The van der Waals surface area contributed by atoms with Crippen molar-refractivity contribution in [2.24, 2.45) is 0 Å². The fraction of sp³-hybridized carbons (Fsp3) is 0.684. The number of aliphatic hydroxyl groups is 1. The summed E-state index contributed by atoms with van der Waals surface area (Å²) >= 11 is 0. The van der Waals surface area contributed by atoms with E-state index in [1.54, 1.807) is 14.2 Å². The van der Waals surface area contributed by atoms with Gasteiger partial charge in [0, 0.05) is 37.8 Å². The number of likely N-dealkylation sites (tertiary alicyclic amines) is 1. The first-order valence-electron chi connectivity index (χ1n) is 9.15. The molecule has 0 bridgehead atoms. The predicted octanol–water partition coefficient (Wildman–Crippen LogP) is 1.53. The van der Waals surface area contributed by atoms with E-state index in [-0.39, 0.29) is 12.1 Å². The van der Waals surface area contributed by atoms with Crippen LogP contribution >= 0.6 is 0 Å². The molecule has 6 heteroatoms. The fourth-order valence-corrected chi connectivity index (χ4v) is 3.91. The first-order chi connectivity index (χ1) is 12.2. The molecule has 1 aromatic rings. The third-order valence-electron chi connectivity index (χ3n) is 5.18. The van der Waals surface area contributed by atoms with Crippen LogP contribution in [0.1, 0.15) is 24.4 Å². The van der Waals surface area contributed by atoms with E-state index in [1.807, 2.05) is 12.1 Å². The summed E-state index contributed by atoms with van der Waals surface area (Å²) in [6.45, 7) is 5.74. The highest BCUT2D eigenvalue weighted by Crippen LogP contribution is 2.38. The molecule has 0 radical (unpaired) electrons. The number of benzene rings is 1. The minimum Gasteiger partial charge on any atom is -0.497 e. The van der Waals surface area contributed by atoms with Gasteiger partial charge in [-0.05, 0) is 37.6 Å². The second-order valence-electron chi connectivity index (χ2n) is 6.83. The maximum Gasteiger partial charge on any atom is 0.123 e. The minimum atomic E-state index is -0.352. The van der Waals surface area contributed by atoms with Gasteiger partial charge in [0.05, 0.1) is 33.5 Å². The number of nitrogens with zero attached hydrogens (tertiary/aromatic N) is 2. The second-order valence-corrected chi connectivity index (χ2v) is 6.83. The number of aliphatic hydroxyl groups excluding tert-OH is 1. The molecule has 2 fully saturated rings. The summed E-state index contributed by atoms with van der Waals surface area (Å²) in [4.78, 5) is 4.66. The molecule has 3 rings (SSSR count). The van der Waals surface area contributed by atoms with Crippen LogP contribution in [0.25, 0.3) is 0 Å². The third kappa shape index (κ3) is 4.64. The predicted molar refractivity (Wildman–Crippen MR) is 96.4 cm³/mol. The van der Waals surface area contributed by atoms with Crippen molar-refractivity contribution in [3.63, 3.8) is 0 Å². The molecular formula is C19H30N2O4. The normalized spacial score (nSPS) is 23.6. The summed E-state index contributed by atoms with van der Waals surface area (Å²) in [7, 11) is 3.39. The number of β-amino-alcohol motifs (C(OH)–C–C–N with tert-alkyl or cyclic N) is 1. The van der Waals surface area contributed by atoms with E-state index in [4.69, 9.17) is 14.2 Å². The Bertz CT molecular complexity index is 548. The van der Waals surface area contributed by atoms with Crippen LogP contribution in [-0.4, -0.2) is 81.2 Å². The van der Waals surface area contributed by atoms with Crippen molar-refractivity contribution in [3.8, 4) is 11.5 Å². The smallest absolute Gasteiger partial charge is 0.123 e. The number of methoxy groups -OCH3 is 2. The number of rotatable bonds is 7. The topological polar surface area (TPSA) is 54.4 Å². The average molecular weight is 350 g/mol. The lowest BCUT2D eigenvalue weighted by molar-refractivity contribution is 0.00578. The average Bonchev–Trinajstić information content (AvgIpc) is 3.09. The van der Waals surface area contributed by atoms with Crippen molar-refractivity contribution in [3.05, 3.63) is 23.8 Å². The Labute approximate surface area is 150 Å². The Hall–Kier alpha value is -1.34. The summed E-state index contributed by atoms with van der Waals surface area (Å²) < 4.78 is 16.3.